The van der Waals surface area contributed by atoms with Gasteiger partial charge in [-0.15, -0.1) is 0 Å². The maximum atomic E-state index is 3.87. The highest BCUT2D eigenvalue weighted by molar-refractivity contribution is 5.10. The molecule has 0 heterocycles. The maximum absolute atomic E-state index is 3.87. The molecule has 0 nitrogen and oxygen atoms in total. The monoisotopic (exact) mass is 276 g/mol. The van der Waals surface area contributed by atoms with E-state index in [0.29, 0.717) is 0 Å². The summed E-state index contributed by atoms with van der Waals surface area (Å²) in [7, 11) is 0. The Balaban J connectivity index is 3.09. The van der Waals surface area contributed by atoms with Gasteiger partial charge in [0.05, 0.1) is 0 Å². The van der Waals surface area contributed by atoms with Crippen molar-refractivity contribution in [2.45, 2.75) is 90.9 Å². The molecule has 0 amide bonds. The number of allylic oxidation sites excluding steroid dienone is 5. The van der Waals surface area contributed by atoms with Crippen LogP contribution in [0.1, 0.15) is 90.9 Å². The lowest BCUT2D eigenvalue weighted by Gasteiger charge is -2.00. The van der Waals surface area contributed by atoms with Crippen LogP contribution in [0.2, 0.25) is 0 Å². The first-order valence-corrected chi connectivity index (χ1v) is 8.74. The molecule has 0 aliphatic carbocycles. The van der Waals surface area contributed by atoms with Gasteiger partial charge >= 0.3 is 0 Å². The summed E-state index contributed by atoms with van der Waals surface area (Å²) in [6, 6.07) is 0. The quantitative estimate of drug-likeness (QED) is 0.176. The first-order chi connectivity index (χ1) is 9.77. The van der Waals surface area contributed by atoms with Gasteiger partial charge in [0.2, 0.25) is 0 Å². The molecule has 0 aliphatic heterocycles. The fourth-order valence-corrected chi connectivity index (χ4v) is 2.25. The average molecular weight is 277 g/mol. The summed E-state index contributed by atoms with van der Waals surface area (Å²) < 4.78 is 0. The van der Waals surface area contributed by atoms with Crippen molar-refractivity contribution >= 4 is 0 Å². The van der Waals surface area contributed by atoms with E-state index < -0.39 is 0 Å². The Morgan fingerprint density at radius 2 is 1.15 bits per heavy atom. The Morgan fingerprint density at radius 1 is 0.700 bits per heavy atom. The SMILES string of the molecule is C=C(C)/C=C/CCCCCCCCC/C=C\CCCC. The van der Waals surface area contributed by atoms with Crippen molar-refractivity contribution in [2.24, 2.45) is 0 Å². The topological polar surface area (TPSA) is 0 Å². The van der Waals surface area contributed by atoms with Crippen molar-refractivity contribution < 1.29 is 0 Å². The summed E-state index contributed by atoms with van der Waals surface area (Å²) in [4.78, 5) is 0. The Bertz CT molecular complexity index is 257. The van der Waals surface area contributed by atoms with Crippen molar-refractivity contribution in [1.29, 1.82) is 0 Å². The van der Waals surface area contributed by atoms with E-state index in [2.05, 4.69) is 44.7 Å². The summed E-state index contributed by atoms with van der Waals surface area (Å²) in [5, 5.41) is 0. The standard InChI is InChI=1S/C20H36/c1-4-5-6-7-8-9-10-11-12-13-14-15-16-17-18-19-20(2)3/h7-8,18-19H,2,4-6,9-17H2,1,3H3/b8-7-,19-18+. The fraction of sp³-hybridized carbons (Fsp3) is 0.700. The zero-order valence-electron chi connectivity index (χ0n) is 14.0. The van der Waals surface area contributed by atoms with Gasteiger partial charge in [-0.25, -0.2) is 0 Å². The minimum atomic E-state index is 1.16. The van der Waals surface area contributed by atoms with Gasteiger partial charge in [-0.1, -0.05) is 88.3 Å². The van der Waals surface area contributed by atoms with Gasteiger partial charge < -0.3 is 0 Å². The zero-order chi connectivity index (χ0) is 14.9. The van der Waals surface area contributed by atoms with E-state index >= 15 is 0 Å². The molecule has 0 atom stereocenters. The molecule has 0 saturated heterocycles. The van der Waals surface area contributed by atoms with Gasteiger partial charge in [-0.2, -0.15) is 0 Å². The van der Waals surface area contributed by atoms with Crippen LogP contribution in [0.4, 0.5) is 0 Å². The van der Waals surface area contributed by atoms with Gasteiger partial charge in [0, 0.05) is 0 Å². The fourth-order valence-electron chi connectivity index (χ4n) is 2.25. The predicted octanol–water partition coefficient (Wildman–Crippen LogP) is 7.38. The first kappa shape index (κ1) is 19.2. The van der Waals surface area contributed by atoms with Crippen LogP contribution in [0.25, 0.3) is 0 Å². The highest BCUT2D eigenvalue weighted by Crippen LogP contribution is 2.10. The largest absolute Gasteiger partial charge is 0.0961 e. The molecule has 0 aromatic carbocycles. The molecular weight excluding hydrogens is 240 g/mol. The molecule has 0 bridgehead atoms. The van der Waals surface area contributed by atoms with Crippen LogP contribution < -0.4 is 0 Å². The Labute approximate surface area is 128 Å². The number of rotatable bonds is 14. The van der Waals surface area contributed by atoms with Gasteiger partial charge in [-0.05, 0) is 39.0 Å². The highest BCUT2D eigenvalue weighted by atomic mass is 14.0. The van der Waals surface area contributed by atoms with Crippen LogP contribution >= 0.6 is 0 Å². The second kappa shape index (κ2) is 16.3. The van der Waals surface area contributed by atoms with Gasteiger partial charge in [0.15, 0.2) is 0 Å². The minimum Gasteiger partial charge on any atom is -0.0961 e. The lowest BCUT2D eigenvalue weighted by atomic mass is 10.1. The third kappa shape index (κ3) is 17.2. The summed E-state index contributed by atoms with van der Waals surface area (Å²) in [6.45, 7) is 8.17. The smallest absolute Gasteiger partial charge is 0.0348 e. The summed E-state index contributed by atoms with van der Waals surface area (Å²) in [6.07, 6.45) is 25.3. The van der Waals surface area contributed by atoms with Crippen molar-refractivity contribution in [3.05, 3.63) is 36.5 Å². The van der Waals surface area contributed by atoms with Crippen molar-refractivity contribution in [2.75, 3.05) is 0 Å². The molecular formula is C20H36. The second-order valence-corrected chi connectivity index (χ2v) is 5.91. The second-order valence-electron chi connectivity index (χ2n) is 5.91. The molecule has 0 heteroatoms. The van der Waals surface area contributed by atoms with E-state index in [9.17, 15) is 0 Å². The summed E-state index contributed by atoms with van der Waals surface area (Å²) >= 11 is 0. The van der Waals surface area contributed by atoms with Crippen LogP contribution in [0.3, 0.4) is 0 Å². The van der Waals surface area contributed by atoms with Crippen molar-refractivity contribution in [3.63, 3.8) is 0 Å². The Kier molecular flexibility index (Phi) is 15.6. The predicted molar refractivity (Wildman–Crippen MR) is 94.2 cm³/mol. The molecule has 0 unspecified atom stereocenters. The van der Waals surface area contributed by atoms with Gasteiger partial charge in [0.1, 0.15) is 0 Å². The van der Waals surface area contributed by atoms with E-state index in [-0.39, 0.29) is 0 Å². The minimum absolute atomic E-state index is 1.16. The molecule has 0 fully saturated rings. The molecule has 20 heavy (non-hydrogen) atoms. The lowest BCUT2D eigenvalue weighted by molar-refractivity contribution is 0.583. The van der Waals surface area contributed by atoms with Crippen molar-refractivity contribution in [3.8, 4) is 0 Å². The third-order valence-corrected chi connectivity index (χ3v) is 3.53. The van der Waals surface area contributed by atoms with E-state index in [1.165, 1.54) is 77.0 Å². The number of hydrogen-bond donors (Lipinski definition) is 0. The molecule has 0 radical (unpaired) electrons. The maximum Gasteiger partial charge on any atom is -0.0348 e. The van der Waals surface area contributed by atoms with E-state index in [0.717, 1.165) is 5.57 Å². The molecule has 0 spiro atoms. The summed E-state index contributed by atoms with van der Waals surface area (Å²) in [5.74, 6) is 0. The number of hydrogen-bond acceptors (Lipinski definition) is 0. The molecule has 0 aromatic rings. The van der Waals surface area contributed by atoms with E-state index in [4.69, 9.17) is 0 Å². The molecule has 0 N–H and O–H groups in total. The van der Waals surface area contributed by atoms with E-state index in [1.807, 2.05) is 0 Å². The third-order valence-electron chi connectivity index (χ3n) is 3.53. The average Bonchev–Trinajstić information content (AvgIpc) is 2.43. The highest BCUT2D eigenvalue weighted by Gasteiger charge is 1.91. The van der Waals surface area contributed by atoms with E-state index in [1.54, 1.807) is 0 Å². The Hall–Kier alpha value is -0.780. The molecule has 0 rings (SSSR count). The lowest BCUT2D eigenvalue weighted by Crippen LogP contribution is -1.80. The van der Waals surface area contributed by atoms with Crippen LogP contribution in [0, 0.1) is 0 Å². The van der Waals surface area contributed by atoms with Crippen LogP contribution in [-0.4, -0.2) is 0 Å². The van der Waals surface area contributed by atoms with Crippen LogP contribution in [0.15, 0.2) is 36.5 Å². The van der Waals surface area contributed by atoms with Crippen molar-refractivity contribution in [1.82, 2.24) is 0 Å². The molecule has 0 aliphatic rings. The first-order valence-electron chi connectivity index (χ1n) is 8.74. The molecule has 0 aromatic heterocycles. The zero-order valence-corrected chi connectivity index (χ0v) is 14.0. The molecule has 0 saturated carbocycles. The normalized spacial score (nSPS) is 11.7. The summed E-state index contributed by atoms with van der Waals surface area (Å²) in [5.41, 5.74) is 1.16. The Morgan fingerprint density at radius 3 is 1.65 bits per heavy atom. The van der Waals surface area contributed by atoms with Gasteiger partial charge in [0.25, 0.3) is 0 Å². The van der Waals surface area contributed by atoms with Crippen LogP contribution in [-0.2, 0) is 0 Å². The van der Waals surface area contributed by atoms with Crippen LogP contribution in [0.5, 0.6) is 0 Å². The van der Waals surface area contributed by atoms with Gasteiger partial charge in [-0.3, -0.25) is 0 Å². The molecule has 116 valence electrons. The number of unbranched alkanes of at least 4 members (excludes halogenated alkanes) is 10.